The largest absolute Gasteiger partial charge is 0.461 e. The first kappa shape index (κ1) is 13.9. The number of carbonyl (C=O) groups excluding carboxylic acids is 1. The molecule has 0 aliphatic heterocycles. The molecule has 2 rings (SSSR count). The Morgan fingerprint density at radius 3 is 2.74 bits per heavy atom. The topological polar surface area (TPSA) is 61.3 Å². The number of nitrogens with zero attached hydrogens (tertiary/aromatic N) is 2. The van der Waals surface area contributed by atoms with Crippen molar-refractivity contribution in [2.45, 2.75) is 39.7 Å². The standard InChI is InChI=1S/C14H20N2O3/c1-4-18-12(10-6-7-10)13-15-8-9(3)11(16-13)14(17)19-5-2/h8,10,12H,4-7H2,1-3H3. The lowest BCUT2D eigenvalue weighted by Gasteiger charge is -2.16. The first-order valence-corrected chi connectivity index (χ1v) is 6.79. The molecule has 1 heterocycles. The Hall–Kier alpha value is -1.49. The summed E-state index contributed by atoms with van der Waals surface area (Å²) in [5.74, 6) is 0.686. The van der Waals surface area contributed by atoms with E-state index in [-0.39, 0.29) is 6.10 Å². The average molecular weight is 264 g/mol. The molecule has 1 aliphatic rings. The molecule has 1 saturated carbocycles. The summed E-state index contributed by atoms with van der Waals surface area (Å²) in [7, 11) is 0. The molecule has 1 fully saturated rings. The SMILES string of the molecule is CCOC(=O)c1nc(C(OCC)C2CC2)ncc1C. The van der Waals surface area contributed by atoms with Gasteiger partial charge in [0, 0.05) is 18.4 Å². The maximum Gasteiger partial charge on any atom is 0.357 e. The van der Waals surface area contributed by atoms with Gasteiger partial charge in [0.05, 0.1) is 6.61 Å². The highest BCUT2D eigenvalue weighted by atomic mass is 16.5. The van der Waals surface area contributed by atoms with Gasteiger partial charge in [0.1, 0.15) is 6.10 Å². The average Bonchev–Trinajstić information content (AvgIpc) is 3.21. The maximum atomic E-state index is 11.8. The smallest absolute Gasteiger partial charge is 0.357 e. The minimum Gasteiger partial charge on any atom is -0.461 e. The van der Waals surface area contributed by atoms with E-state index in [1.165, 1.54) is 0 Å². The molecule has 0 amide bonds. The number of hydrogen-bond donors (Lipinski definition) is 0. The van der Waals surface area contributed by atoms with Crippen LogP contribution in [-0.2, 0) is 9.47 Å². The molecule has 1 aromatic rings. The Labute approximate surface area is 113 Å². The first-order valence-electron chi connectivity index (χ1n) is 6.79. The third kappa shape index (κ3) is 3.29. The van der Waals surface area contributed by atoms with Gasteiger partial charge in [0.2, 0.25) is 0 Å². The van der Waals surface area contributed by atoms with Crippen molar-refractivity contribution in [2.75, 3.05) is 13.2 Å². The van der Waals surface area contributed by atoms with Gasteiger partial charge in [-0.25, -0.2) is 14.8 Å². The molecule has 19 heavy (non-hydrogen) atoms. The number of rotatable bonds is 6. The number of ether oxygens (including phenoxy) is 2. The zero-order valence-electron chi connectivity index (χ0n) is 11.7. The quantitative estimate of drug-likeness (QED) is 0.738. The molecule has 1 aliphatic carbocycles. The van der Waals surface area contributed by atoms with Crippen molar-refractivity contribution in [1.29, 1.82) is 0 Å². The van der Waals surface area contributed by atoms with Crippen molar-refractivity contribution < 1.29 is 14.3 Å². The van der Waals surface area contributed by atoms with Crippen molar-refractivity contribution >= 4 is 5.97 Å². The Kier molecular flexibility index (Phi) is 4.47. The summed E-state index contributed by atoms with van der Waals surface area (Å²) >= 11 is 0. The number of carbonyl (C=O) groups is 1. The van der Waals surface area contributed by atoms with Crippen LogP contribution in [0.3, 0.4) is 0 Å². The van der Waals surface area contributed by atoms with E-state index in [0.29, 0.717) is 30.7 Å². The van der Waals surface area contributed by atoms with Crippen molar-refractivity contribution in [3.8, 4) is 0 Å². The highest BCUT2D eigenvalue weighted by molar-refractivity contribution is 5.88. The fourth-order valence-corrected chi connectivity index (χ4v) is 2.00. The lowest BCUT2D eigenvalue weighted by Crippen LogP contribution is -2.16. The van der Waals surface area contributed by atoms with E-state index in [4.69, 9.17) is 9.47 Å². The minimum atomic E-state index is -0.394. The van der Waals surface area contributed by atoms with Crippen molar-refractivity contribution in [3.05, 3.63) is 23.3 Å². The highest BCUT2D eigenvalue weighted by Gasteiger charge is 2.35. The van der Waals surface area contributed by atoms with Crippen molar-refractivity contribution in [3.63, 3.8) is 0 Å². The third-order valence-electron chi connectivity index (χ3n) is 3.11. The van der Waals surface area contributed by atoms with Crippen LogP contribution in [0.4, 0.5) is 0 Å². The second-order valence-corrected chi connectivity index (χ2v) is 4.69. The van der Waals surface area contributed by atoms with Gasteiger partial charge >= 0.3 is 5.97 Å². The second-order valence-electron chi connectivity index (χ2n) is 4.69. The molecule has 0 N–H and O–H groups in total. The summed E-state index contributed by atoms with van der Waals surface area (Å²) in [6.45, 7) is 6.50. The van der Waals surface area contributed by atoms with Gasteiger partial charge in [0.25, 0.3) is 0 Å². The van der Waals surface area contributed by atoms with Crippen LogP contribution in [0, 0.1) is 12.8 Å². The number of hydrogen-bond acceptors (Lipinski definition) is 5. The van der Waals surface area contributed by atoms with Crippen LogP contribution in [0.15, 0.2) is 6.20 Å². The van der Waals surface area contributed by atoms with Crippen LogP contribution in [0.1, 0.15) is 54.7 Å². The van der Waals surface area contributed by atoms with Gasteiger partial charge in [-0.3, -0.25) is 0 Å². The van der Waals surface area contributed by atoms with E-state index in [1.54, 1.807) is 13.1 Å². The van der Waals surface area contributed by atoms with Crippen molar-refractivity contribution in [1.82, 2.24) is 9.97 Å². The van der Waals surface area contributed by atoms with E-state index in [9.17, 15) is 4.79 Å². The predicted molar refractivity (Wildman–Crippen MR) is 69.8 cm³/mol. The van der Waals surface area contributed by atoms with Gasteiger partial charge < -0.3 is 9.47 Å². The van der Waals surface area contributed by atoms with Crippen LogP contribution in [0.2, 0.25) is 0 Å². The minimum absolute atomic E-state index is 0.0984. The van der Waals surface area contributed by atoms with Gasteiger partial charge in [-0.1, -0.05) is 0 Å². The summed E-state index contributed by atoms with van der Waals surface area (Å²) in [4.78, 5) is 20.5. The zero-order chi connectivity index (χ0) is 13.8. The van der Waals surface area contributed by atoms with Gasteiger partial charge in [0.15, 0.2) is 11.5 Å². The summed E-state index contributed by atoms with van der Waals surface area (Å²) in [6.07, 6.45) is 3.84. The molecule has 0 saturated heterocycles. The number of aromatic nitrogens is 2. The van der Waals surface area contributed by atoms with E-state index in [1.807, 2.05) is 13.8 Å². The summed E-state index contributed by atoms with van der Waals surface area (Å²) in [5, 5.41) is 0. The number of esters is 1. The molecule has 1 aromatic heterocycles. The van der Waals surface area contributed by atoms with Gasteiger partial charge in [-0.05, 0) is 39.5 Å². The van der Waals surface area contributed by atoms with E-state index in [2.05, 4.69) is 9.97 Å². The summed E-state index contributed by atoms with van der Waals surface area (Å²) in [6, 6.07) is 0. The Balaban J connectivity index is 2.25. The fraction of sp³-hybridized carbons (Fsp3) is 0.643. The van der Waals surface area contributed by atoms with Crippen LogP contribution >= 0.6 is 0 Å². The van der Waals surface area contributed by atoms with Crippen LogP contribution in [-0.4, -0.2) is 29.2 Å². The van der Waals surface area contributed by atoms with Crippen molar-refractivity contribution in [2.24, 2.45) is 5.92 Å². The maximum absolute atomic E-state index is 11.8. The Morgan fingerprint density at radius 1 is 1.42 bits per heavy atom. The number of aryl methyl sites for hydroxylation is 1. The van der Waals surface area contributed by atoms with Gasteiger partial charge in [-0.2, -0.15) is 0 Å². The molecule has 5 heteroatoms. The zero-order valence-corrected chi connectivity index (χ0v) is 11.7. The molecule has 5 nitrogen and oxygen atoms in total. The first-order chi connectivity index (χ1) is 9.17. The fourth-order valence-electron chi connectivity index (χ4n) is 2.00. The molecule has 0 aromatic carbocycles. The molecular weight excluding hydrogens is 244 g/mol. The summed E-state index contributed by atoms with van der Waals surface area (Å²) < 4.78 is 10.7. The van der Waals surface area contributed by atoms with Crippen LogP contribution < -0.4 is 0 Å². The van der Waals surface area contributed by atoms with Crippen LogP contribution in [0.25, 0.3) is 0 Å². The molecular formula is C14H20N2O3. The molecule has 1 atom stereocenters. The highest BCUT2D eigenvalue weighted by Crippen LogP contribution is 2.42. The monoisotopic (exact) mass is 264 g/mol. The lowest BCUT2D eigenvalue weighted by atomic mass is 10.2. The van der Waals surface area contributed by atoms with E-state index in [0.717, 1.165) is 18.4 Å². The summed E-state index contributed by atoms with van der Waals surface area (Å²) in [5.41, 5.74) is 1.07. The molecule has 0 radical (unpaired) electrons. The molecule has 104 valence electrons. The Bertz CT molecular complexity index is 458. The van der Waals surface area contributed by atoms with E-state index < -0.39 is 5.97 Å². The molecule has 1 unspecified atom stereocenters. The van der Waals surface area contributed by atoms with E-state index >= 15 is 0 Å². The van der Waals surface area contributed by atoms with Gasteiger partial charge in [-0.15, -0.1) is 0 Å². The third-order valence-corrected chi connectivity index (χ3v) is 3.11. The Morgan fingerprint density at radius 2 is 2.16 bits per heavy atom. The predicted octanol–water partition coefficient (Wildman–Crippen LogP) is 2.45. The molecule has 0 bridgehead atoms. The normalized spacial score (nSPS) is 16.2. The van der Waals surface area contributed by atoms with Crippen LogP contribution in [0.5, 0.6) is 0 Å². The molecule has 0 spiro atoms. The second kappa shape index (κ2) is 6.10. The lowest BCUT2D eigenvalue weighted by molar-refractivity contribution is 0.0389.